The third kappa shape index (κ3) is 2.94. The summed E-state index contributed by atoms with van der Waals surface area (Å²) in [5.74, 6) is -0.317. The van der Waals surface area contributed by atoms with Crippen LogP contribution in [0.15, 0.2) is 36.7 Å². The van der Waals surface area contributed by atoms with Crippen LogP contribution in [0, 0.1) is 0 Å². The average Bonchev–Trinajstić information content (AvgIpc) is 3.00. The number of aromatic nitrogens is 2. The van der Waals surface area contributed by atoms with Crippen molar-refractivity contribution in [3.63, 3.8) is 0 Å². The van der Waals surface area contributed by atoms with Crippen LogP contribution in [0.3, 0.4) is 0 Å². The van der Waals surface area contributed by atoms with Gasteiger partial charge in [-0.05, 0) is 12.1 Å². The number of carbonyl (C=O) groups is 2. The molecule has 6 nitrogen and oxygen atoms in total. The lowest BCUT2D eigenvalue weighted by Gasteiger charge is -2.26. The molecule has 0 bridgehead atoms. The molecule has 1 aliphatic rings. The Morgan fingerprint density at radius 3 is 2.90 bits per heavy atom. The highest BCUT2D eigenvalue weighted by atomic mass is 16.2. The minimum atomic E-state index is -0.233. The summed E-state index contributed by atoms with van der Waals surface area (Å²) in [6.07, 6.45) is 2.40. The maximum Gasteiger partial charge on any atom is 0.251 e. The Kier molecular flexibility index (Phi) is 3.68. The van der Waals surface area contributed by atoms with Gasteiger partial charge in [-0.25, -0.2) is 4.98 Å². The number of carbonyl (C=O) groups excluding carboxylic acids is 2. The molecule has 21 heavy (non-hydrogen) atoms. The van der Waals surface area contributed by atoms with Crippen molar-refractivity contribution in [1.29, 1.82) is 0 Å². The second kappa shape index (κ2) is 5.78. The standard InChI is InChI=1S/C15H16N4O2/c20-14(8-16-15(21)11-4-2-1-3-5-11)19-7-6-12-13(9-19)18-10-17-12/h1-5,10H,6-9H2,(H,16,21)(H,17,18). The number of rotatable bonds is 3. The van der Waals surface area contributed by atoms with Gasteiger partial charge in [-0.1, -0.05) is 18.2 Å². The van der Waals surface area contributed by atoms with Gasteiger partial charge < -0.3 is 15.2 Å². The van der Waals surface area contributed by atoms with E-state index in [0.29, 0.717) is 18.7 Å². The van der Waals surface area contributed by atoms with Gasteiger partial charge in [0.15, 0.2) is 0 Å². The molecule has 0 atom stereocenters. The van der Waals surface area contributed by atoms with E-state index >= 15 is 0 Å². The lowest BCUT2D eigenvalue weighted by atomic mass is 10.1. The zero-order valence-corrected chi connectivity index (χ0v) is 11.5. The minimum Gasteiger partial charge on any atom is -0.347 e. The highest BCUT2D eigenvalue weighted by Crippen LogP contribution is 2.14. The van der Waals surface area contributed by atoms with Gasteiger partial charge in [0, 0.05) is 18.5 Å². The van der Waals surface area contributed by atoms with E-state index in [9.17, 15) is 9.59 Å². The molecule has 0 aliphatic carbocycles. The molecule has 0 unspecified atom stereocenters. The number of H-pyrrole nitrogens is 1. The van der Waals surface area contributed by atoms with Gasteiger partial charge in [0.25, 0.3) is 5.91 Å². The summed E-state index contributed by atoms with van der Waals surface area (Å²) in [5, 5.41) is 2.66. The van der Waals surface area contributed by atoms with Gasteiger partial charge >= 0.3 is 0 Å². The molecule has 2 amide bonds. The van der Waals surface area contributed by atoms with Crippen molar-refractivity contribution in [2.45, 2.75) is 13.0 Å². The second-order valence-electron chi connectivity index (χ2n) is 4.94. The second-order valence-corrected chi connectivity index (χ2v) is 4.94. The van der Waals surface area contributed by atoms with Crippen molar-refractivity contribution < 1.29 is 9.59 Å². The van der Waals surface area contributed by atoms with Gasteiger partial charge in [0.2, 0.25) is 5.91 Å². The minimum absolute atomic E-state index is 0.0111. The quantitative estimate of drug-likeness (QED) is 0.872. The van der Waals surface area contributed by atoms with Crippen LogP contribution in [0.4, 0.5) is 0 Å². The van der Waals surface area contributed by atoms with Crippen LogP contribution in [0.1, 0.15) is 21.7 Å². The molecule has 6 heteroatoms. The normalized spacial score (nSPS) is 13.6. The van der Waals surface area contributed by atoms with E-state index in [0.717, 1.165) is 17.8 Å². The Morgan fingerprint density at radius 2 is 2.10 bits per heavy atom. The molecule has 1 aromatic carbocycles. The Labute approximate surface area is 122 Å². The predicted octanol–water partition coefficient (Wildman–Crippen LogP) is 0.724. The van der Waals surface area contributed by atoms with E-state index in [-0.39, 0.29) is 18.4 Å². The van der Waals surface area contributed by atoms with Crippen LogP contribution in [-0.2, 0) is 17.8 Å². The molecule has 0 saturated heterocycles. The van der Waals surface area contributed by atoms with Gasteiger partial charge in [-0.15, -0.1) is 0 Å². The fourth-order valence-electron chi connectivity index (χ4n) is 2.38. The summed E-state index contributed by atoms with van der Waals surface area (Å²) in [7, 11) is 0. The number of nitrogens with zero attached hydrogens (tertiary/aromatic N) is 2. The van der Waals surface area contributed by atoms with Crippen molar-refractivity contribution in [3.05, 3.63) is 53.6 Å². The van der Waals surface area contributed by atoms with E-state index in [4.69, 9.17) is 0 Å². The molecule has 2 heterocycles. The van der Waals surface area contributed by atoms with Gasteiger partial charge in [0.1, 0.15) is 0 Å². The largest absolute Gasteiger partial charge is 0.347 e. The average molecular weight is 284 g/mol. The lowest BCUT2D eigenvalue weighted by molar-refractivity contribution is -0.131. The van der Waals surface area contributed by atoms with Gasteiger partial charge in [0.05, 0.1) is 30.8 Å². The Bertz CT molecular complexity index is 651. The highest BCUT2D eigenvalue weighted by molar-refractivity contribution is 5.96. The summed E-state index contributed by atoms with van der Waals surface area (Å²) in [6.45, 7) is 1.17. The van der Waals surface area contributed by atoms with Gasteiger partial charge in [-0.3, -0.25) is 9.59 Å². The van der Waals surface area contributed by atoms with E-state index < -0.39 is 0 Å². The molecule has 108 valence electrons. The number of aromatic amines is 1. The Morgan fingerprint density at radius 1 is 1.29 bits per heavy atom. The molecule has 1 aliphatic heterocycles. The number of benzene rings is 1. The summed E-state index contributed by atoms with van der Waals surface area (Å²) >= 11 is 0. The van der Waals surface area contributed by atoms with Crippen LogP contribution in [-0.4, -0.2) is 39.8 Å². The van der Waals surface area contributed by atoms with Crippen molar-refractivity contribution in [3.8, 4) is 0 Å². The molecular formula is C15H16N4O2. The summed E-state index contributed by atoms with van der Waals surface area (Å²) in [5.41, 5.74) is 2.55. The van der Waals surface area contributed by atoms with Gasteiger partial charge in [-0.2, -0.15) is 0 Å². The zero-order chi connectivity index (χ0) is 14.7. The molecular weight excluding hydrogens is 268 g/mol. The molecule has 0 saturated carbocycles. The smallest absolute Gasteiger partial charge is 0.251 e. The van der Waals surface area contributed by atoms with E-state index in [1.165, 1.54) is 0 Å². The molecule has 3 rings (SSSR count). The van der Waals surface area contributed by atoms with Crippen molar-refractivity contribution >= 4 is 11.8 Å². The first-order valence-corrected chi connectivity index (χ1v) is 6.86. The van der Waals surface area contributed by atoms with E-state index in [1.807, 2.05) is 6.07 Å². The fraction of sp³-hybridized carbons (Fsp3) is 0.267. The first-order chi connectivity index (χ1) is 10.2. The van der Waals surface area contributed by atoms with Crippen LogP contribution in [0.2, 0.25) is 0 Å². The van der Waals surface area contributed by atoms with E-state index in [1.54, 1.807) is 35.5 Å². The Balaban J connectivity index is 1.54. The first-order valence-electron chi connectivity index (χ1n) is 6.86. The number of imidazole rings is 1. The van der Waals surface area contributed by atoms with Crippen LogP contribution in [0.25, 0.3) is 0 Å². The maximum absolute atomic E-state index is 12.1. The number of fused-ring (bicyclic) bond motifs is 1. The van der Waals surface area contributed by atoms with Crippen molar-refractivity contribution in [2.24, 2.45) is 0 Å². The SMILES string of the molecule is O=C(NCC(=O)N1CCc2nc[nH]c2C1)c1ccccc1. The maximum atomic E-state index is 12.1. The number of nitrogens with one attached hydrogen (secondary N) is 2. The van der Waals surface area contributed by atoms with Crippen LogP contribution in [0.5, 0.6) is 0 Å². The third-order valence-corrected chi connectivity index (χ3v) is 3.56. The van der Waals surface area contributed by atoms with E-state index in [2.05, 4.69) is 15.3 Å². The molecule has 1 aromatic heterocycles. The Hall–Kier alpha value is -2.63. The molecule has 2 N–H and O–H groups in total. The molecule has 0 spiro atoms. The lowest BCUT2D eigenvalue weighted by Crippen LogP contribution is -2.42. The third-order valence-electron chi connectivity index (χ3n) is 3.56. The summed E-state index contributed by atoms with van der Waals surface area (Å²) < 4.78 is 0. The molecule has 2 aromatic rings. The highest BCUT2D eigenvalue weighted by Gasteiger charge is 2.22. The summed E-state index contributed by atoms with van der Waals surface area (Å²) in [4.78, 5) is 33.0. The summed E-state index contributed by atoms with van der Waals surface area (Å²) in [6, 6.07) is 8.87. The zero-order valence-electron chi connectivity index (χ0n) is 11.5. The topological polar surface area (TPSA) is 78.1 Å². The predicted molar refractivity (Wildman–Crippen MR) is 76.5 cm³/mol. The molecule has 0 fully saturated rings. The first kappa shape index (κ1) is 13.4. The monoisotopic (exact) mass is 284 g/mol. The molecule has 0 radical (unpaired) electrons. The van der Waals surface area contributed by atoms with Crippen LogP contribution >= 0.6 is 0 Å². The van der Waals surface area contributed by atoms with Crippen molar-refractivity contribution in [2.75, 3.05) is 13.1 Å². The number of hydrogen-bond acceptors (Lipinski definition) is 3. The number of amides is 2. The van der Waals surface area contributed by atoms with Crippen LogP contribution < -0.4 is 5.32 Å². The fourth-order valence-corrected chi connectivity index (χ4v) is 2.38. The van der Waals surface area contributed by atoms with Crippen molar-refractivity contribution in [1.82, 2.24) is 20.2 Å². The number of hydrogen-bond donors (Lipinski definition) is 2.